The number of ether oxygens (including phenoxy) is 2. The SMILES string of the molecule is c1ccc(C[N+]2(C[C@@H]3CO3)CC[N+](Cc3ccccc3)(C[C@@H]3CO3)CC2)cc1. The normalized spacial score (nSPS) is 34.1. The van der Waals surface area contributed by atoms with E-state index in [0.717, 1.165) is 26.3 Å². The number of hydrogen-bond donors (Lipinski definition) is 0. The molecule has 4 heteroatoms. The van der Waals surface area contributed by atoms with Crippen LogP contribution in [-0.4, -0.2) is 73.7 Å². The van der Waals surface area contributed by atoms with Gasteiger partial charge in [-0.15, -0.1) is 0 Å². The van der Waals surface area contributed by atoms with Crippen LogP contribution in [0.1, 0.15) is 11.1 Å². The molecule has 0 amide bonds. The monoisotopic (exact) mass is 380 g/mol. The van der Waals surface area contributed by atoms with Gasteiger partial charge in [0.1, 0.15) is 64.6 Å². The quantitative estimate of drug-likeness (QED) is 0.520. The second kappa shape index (κ2) is 7.60. The fraction of sp³-hybridized carbons (Fsp3) is 0.500. The van der Waals surface area contributed by atoms with E-state index < -0.39 is 0 Å². The Morgan fingerprint density at radius 2 is 0.964 bits per heavy atom. The Labute approximate surface area is 168 Å². The van der Waals surface area contributed by atoms with E-state index in [9.17, 15) is 0 Å². The first-order valence-corrected chi connectivity index (χ1v) is 10.7. The summed E-state index contributed by atoms with van der Waals surface area (Å²) < 4.78 is 13.7. The molecule has 2 aromatic carbocycles. The number of benzene rings is 2. The van der Waals surface area contributed by atoms with Crippen molar-refractivity contribution in [3.8, 4) is 0 Å². The van der Waals surface area contributed by atoms with Crippen LogP contribution in [-0.2, 0) is 22.6 Å². The van der Waals surface area contributed by atoms with Gasteiger partial charge in [-0.3, -0.25) is 0 Å². The van der Waals surface area contributed by atoms with Crippen LogP contribution in [0.4, 0.5) is 0 Å². The minimum Gasteiger partial charge on any atom is -0.367 e. The van der Waals surface area contributed by atoms with E-state index >= 15 is 0 Å². The number of epoxide rings is 2. The highest BCUT2D eigenvalue weighted by Gasteiger charge is 2.47. The summed E-state index contributed by atoms with van der Waals surface area (Å²) in [5.41, 5.74) is 2.91. The molecule has 3 aliphatic heterocycles. The zero-order valence-electron chi connectivity index (χ0n) is 16.7. The van der Waals surface area contributed by atoms with Gasteiger partial charge < -0.3 is 18.4 Å². The summed E-state index contributed by atoms with van der Waals surface area (Å²) in [7, 11) is 0. The molecule has 3 heterocycles. The van der Waals surface area contributed by atoms with Crippen LogP contribution in [0.15, 0.2) is 60.7 Å². The van der Waals surface area contributed by atoms with Crippen molar-refractivity contribution in [3.63, 3.8) is 0 Å². The number of quaternary nitrogens is 2. The van der Waals surface area contributed by atoms with E-state index in [1.807, 2.05) is 0 Å². The highest BCUT2D eigenvalue weighted by Crippen LogP contribution is 2.30. The van der Waals surface area contributed by atoms with Gasteiger partial charge in [-0.2, -0.15) is 0 Å². The van der Waals surface area contributed by atoms with Gasteiger partial charge in [0.15, 0.2) is 0 Å². The Morgan fingerprint density at radius 1 is 0.607 bits per heavy atom. The van der Waals surface area contributed by atoms with Crippen LogP contribution in [0.3, 0.4) is 0 Å². The molecule has 3 saturated heterocycles. The standard InChI is InChI=1S/C24H32N2O2/c1-3-7-21(8-4-1)15-25(17-23-19-27-23)11-13-26(14-12-25,18-24-20-28-24)16-22-9-5-2-6-10-22/h1-10,23-24H,11-20H2/q+2/t23-,24-,25?,26?/m1/s1. The molecule has 2 aromatic rings. The minimum absolute atomic E-state index is 0.476. The van der Waals surface area contributed by atoms with E-state index in [1.54, 1.807) is 0 Å². The van der Waals surface area contributed by atoms with Crippen LogP contribution >= 0.6 is 0 Å². The van der Waals surface area contributed by atoms with Gasteiger partial charge in [-0.05, 0) is 0 Å². The molecular formula is C24H32N2O2+2. The molecule has 0 unspecified atom stereocenters. The first-order chi connectivity index (χ1) is 13.7. The molecule has 4 nitrogen and oxygen atoms in total. The maximum atomic E-state index is 5.66. The van der Waals surface area contributed by atoms with Crippen molar-refractivity contribution in [3.05, 3.63) is 71.8 Å². The zero-order valence-corrected chi connectivity index (χ0v) is 16.7. The average Bonchev–Trinajstić information content (AvgIpc) is 3.64. The molecular weight excluding hydrogens is 348 g/mol. The molecule has 3 aliphatic rings. The van der Waals surface area contributed by atoms with Crippen LogP contribution in [0.25, 0.3) is 0 Å². The summed E-state index contributed by atoms with van der Waals surface area (Å²) in [5, 5.41) is 0. The van der Waals surface area contributed by atoms with Crippen LogP contribution in [0.2, 0.25) is 0 Å². The number of hydrogen-bond acceptors (Lipinski definition) is 2. The van der Waals surface area contributed by atoms with Crippen molar-refractivity contribution in [2.24, 2.45) is 0 Å². The topological polar surface area (TPSA) is 25.1 Å². The Morgan fingerprint density at radius 3 is 1.29 bits per heavy atom. The van der Waals surface area contributed by atoms with Crippen molar-refractivity contribution < 1.29 is 18.4 Å². The first-order valence-electron chi connectivity index (χ1n) is 10.7. The third-order valence-corrected chi connectivity index (χ3v) is 6.81. The van der Waals surface area contributed by atoms with Crippen molar-refractivity contribution in [1.82, 2.24) is 0 Å². The molecule has 0 saturated carbocycles. The van der Waals surface area contributed by atoms with E-state index in [0.29, 0.717) is 12.2 Å². The number of nitrogens with zero attached hydrogens (tertiary/aromatic N) is 2. The molecule has 0 N–H and O–H groups in total. The van der Waals surface area contributed by atoms with E-state index in [-0.39, 0.29) is 0 Å². The molecule has 28 heavy (non-hydrogen) atoms. The molecule has 0 radical (unpaired) electrons. The third kappa shape index (κ3) is 4.47. The number of rotatable bonds is 8. The summed E-state index contributed by atoms with van der Waals surface area (Å²) in [4.78, 5) is 0. The summed E-state index contributed by atoms with van der Waals surface area (Å²) in [6.45, 7) is 11.4. The Balaban J connectivity index is 1.33. The van der Waals surface area contributed by atoms with Gasteiger partial charge in [-0.1, -0.05) is 60.7 Å². The maximum Gasteiger partial charge on any atom is 0.130 e. The second-order valence-electron chi connectivity index (χ2n) is 9.14. The fourth-order valence-electron chi connectivity index (χ4n) is 5.03. The summed E-state index contributed by atoms with van der Waals surface area (Å²) in [6.07, 6.45) is 0.953. The summed E-state index contributed by atoms with van der Waals surface area (Å²) >= 11 is 0. The first kappa shape index (κ1) is 18.3. The Hall–Kier alpha value is -1.72. The lowest BCUT2D eigenvalue weighted by Gasteiger charge is -2.50. The van der Waals surface area contributed by atoms with Crippen molar-refractivity contribution >= 4 is 0 Å². The van der Waals surface area contributed by atoms with Gasteiger partial charge in [0.25, 0.3) is 0 Å². The van der Waals surface area contributed by atoms with Gasteiger partial charge in [0.2, 0.25) is 0 Å². The smallest absolute Gasteiger partial charge is 0.130 e. The fourth-order valence-corrected chi connectivity index (χ4v) is 5.03. The predicted molar refractivity (Wildman–Crippen MR) is 109 cm³/mol. The van der Waals surface area contributed by atoms with E-state index in [2.05, 4.69) is 60.7 Å². The molecule has 2 atom stereocenters. The maximum absolute atomic E-state index is 5.66. The lowest BCUT2D eigenvalue weighted by molar-refractivity contribution is -1.04. The molecule has 0 aromatic heterocycles. The molecule has 5 rings (SSSR count). The predicted octanol–water partition coefficient (Wildman–Crippen LogP) is 2.83. The summed E-state index contributed by atoms with van der Waals surface area (Å²) in [6, 6.07) is 22.1. The zero-order chi connectivity index (χ0) is 18.9. The van der Waals surface area contributed by atoms with Gasteiger partial charge in [-0.25, -0.2) is 0 Å². The van der Waals surface area contributed by atoms with Crippen molar-refractivity contribution in [1.29, 1.82) is 0 Å². The number of piperazine rings is 1. The average molecular weight is 381 g/mol. The highest BCUT2D eigenvalue weighted by atomic mass is 16.6. The van der Waals surface area contributed by atoms with E-state index in [1.165, 1.54) is 59.4 Å². The lowest BCUT2D eigenvalue weighted by atomic mass is 10.1. The van der Waals surface area contributed by atoms with Gasteiger partial charge in [0, 0.05) is 11.1 Å². The van der Waals surface area contributed by atoms with Crippen LogP contribution in [0.5, 0.6) is 0 Å². The van der Waals surface area contributed by atoms with Crippen LogP contribution in [0, 0.1) is 0 Å². The molecule has 148 valence electrons. The lowest BCUT2D eigenvalue weighted by Crippen LogP contribution is -2.67. The molecule has 0 spiro atoms. The molecule has 3 fully saturated rings. The Kier molecular flexibility index (Phi) is 4.97. The molecule has 0 aliphatic carbocycles. The Bertz CT molecular complexity index is 696. The van der Waals surface area contributed by atoms with E-state index in [4.69, 9.17) is 9.47 Å². The minimum atomic E-state index is 0.476. The summed E-state index contributed by atoms with van der Waals surface area (Å²) in [5.74, 6) is 0. The van der Waals surface area contributed by atoms with Crippen molar-refractivity contribution in [2.75, 3.05) is 52.5 Å². The van der Waals surface area contributed by atoms with Crippen molar-refractivity contribution in [2.45, 2.75) is 25.3 Å². The second-order valence-corrected chi connectivity index (χ2v) is 9.14. The molecule has 0 bridgehead atoms. The van der Waals surface area contributed by atoms with Crippen LogP contribution < -0.4 is 0 Å². The van der Waals surface area contributed by atoms with Gasteiger partial charge in [0.05, 0.1) is 13.2 Å². The third-order valence-electron chi connectivity index (χ3n) is 6.81. The van der Waals surface area contributed by atoms with Gasteiger partial charge >= 0.3 is 0 Å². The largest absolute Gasteiger partial charge is 0.367 e. The highest BCUT2D eigenvalue weighted by molar-refractivity contribution is 5.14.